The van der Waals surface area contributed by atoms with E-state index in [0.29, 0.717) is 6.04 Å². The Morgan fingerprint density at radius 2 is 1.79 bits per heavy atom. The maximum absolute atomic E-state index is 6.29. The lowest BCUT2D eigenvalue weighted by Gasteiger charge is -2.12. The van der Waals surface area contributed by atoms with Gasteiger partial charge in [-0.1, -0.05) is 55.8 Å². The van der Waals surface area contributed by atoms with E-state index in [2.05, 4.69) is 50.4 Å². The Morgan fingerprint density at radius 3 is 2.47 bits per heavy atom. The van der Waals surface area contributed by atoms with Gasteiger partial charge in [0.1, 0.15) is 0 Å². The minimum Gasteiger partial charge on any atom is -0.310 e. The van der Waals surface area contributed by atoms with Crippen LogP contribution in [0.1, 0.15) is 25.0 Å². The summed E-state index contributed by atoms with van der Waals surface area (Å²) in [7, 11) is 0. The zero-order chi connectivity index (χ0) is 13.8. The van der Waals surface area contributed by atoms with Crippen molar-refractivity contribution >= 4 is 11.6 Å². The monoisotopic (exact) mass is 273 g/mol. The lowest BCUT2D eigenvalue weighted by Crippen LogP contribution is -2.21. The van der Waals surface area contributed by atoms with E-state index >= 15 is 0 Å². The fourth-order valence-corrected chi connectivity index (χ4v) is 2.31. The quantitative estimate of drug-likeness (QED) is 0.843. The zero-order valence-corrected chi connectivity index (χ0v) is 12.5. The fourth-order valence-electron chi connectivity index (χ4n) is 2.07. The summed E-state index contributed by atoms with van der Waals surface area (Å²) in [4.78, 5) is 0. The highest BCUT2D eigenvalue weighted by Gasteiger charge is 2.07. The van der Waals surface area contributed by atoms with Crippen LogP contribution in [0.25, 0.3) is 11.1 Å². The molecule has 0 bridgehead atoms. The molecule has 0 atom stereocenters. The van der Waals surface area contributed by atoms with Crippen molar-refractivity contribution in [1.29, 1.82) is 0 Å². The fraction of sp³-hybridized carbons (Fsp3) is 0.294. The standard InChI is InChI=1S/C17H20ClN/c1-12(2)19-11-14-9-8-13(3)16(10-14)15-6-4-5-7-17(15)18/h4-10,12,19H,11H2,1-3H3. The van der Waals surface area contributed by atoms with E-state index in [1.807, 2.05) is 18.2 Å². The molecule has 0 unspecified atom stereocenters. The molecule has 0 amide bonds. The highest BCUT2D eigenvalue weighted by atomic mass is 35.5. The lowest BCUT2D eigenvalue weighted by molar-refractivity contribution is 0.589. The summed E-state index contributed by atoms with van der Waals surface area (Å²) in [5, 5.41) is 4.25. The Hall–Kier alpha value is -1.31. The maximum atomic E-state index is 6.29. The first-order valence-electron chi connectivity index (χ1n) is 6.65. The highest BCUT2D eigenvalue weighted by molar-refractivity contribution is 6.33. The summed E-state index contributed by atoms with van der Waals surface area (Å²) >= 11 is 6.29. The molecule has 0 fully saturated rings. The van der Waals surface area contributed by atoms with E-state index in [1.54, 1.807) is 0 Å². The van der Waals surface area contributed by atoms with Gasteiger partial charge in [-0.25, -0.2) is 0 Å². The zero-order valence-electron chi connectivity index (χ0n) is 11.7. The van der Waals surface area contributed by atoms with Gasteiger partial charge in [0.15, 0.2) is 0 Å². The van der Waals surface area contributed by atoms with Gasteiger partial charge in [0.2, 0.25) is 0 Å². The van der Waals surface area contributed by atoms with Gasteiger partial charge in [-0.3, -0.25) is 0 Å². The van der Waals surface area contributed by atoms with E-state index in [1.165, 1.54) is 16.7 Å². The first kappa shape index (κ1) is 14.1. The molecular weight excluding hydrogens is 254 g/mol. The molecule has 0 radical (unpaired) electrons. The molecule has 2 aromatic carbocycles. The van der Waals surface area contributed by atoms with Crippen LogP contribution in [-0.4, -0.2) is 6.04 Å². The number of benzene rings is 2. The van der Waals surface area contributed by atoms with Crippen molar-refractivity contribution in [2.75, 3.05) is 0 Å². The number of hydrogen-bond acceptors (Lipinski definition) is 1. The summed E-state index contributed by atoms with van der Waals surface area (Å²) in [6.07, 6.45) is 0. The molecule has 2 heteroatoms. The topological polar surface area (TPSA) is 12.0 Å². The second-order valence-corrected chi connectivity index (χ2v) is 5.57. The van der Waals surface area contributed by atoms with Crippen LogP contribution in [0, 0.1) is 6.92 Å². The number of rotatable bonds is 4. The van der Waals surface area contributed by atoms with Gasteiger partial charge in [-0.05, 0) is 35.7 Å². The summed E-state index contributed by atoms with van der Waals surface area (Å²) in [5.41, 5.74) is 4.86. The van der Waals surface area contributed by atoms with Crippen LogP contribution < -0.4 is 5.32 Å². The lowest BCUT2D eigenvalue weighted by atomic mass is 9.98. The molecule has 0 aromatic heterocycles. The first-order chi connectivity index (χ1) is 9.08. The van der Waals surface area contributed by atoms with Gasteiger partial charge in [-0.15, -0.1) is 0 Å². The number of hydrogen-bond donors (Lipinski definition) is 1. The Morgan fingerprint density at radius 1 is 1.05 bits per heavy atom. The van der Waals surface area contributed by atoms with Crippen LogP contribution in [0.5, 0.6) is 0 Å². The summed E-state index contributed by atoms with van der Waals surface area (Å²) in [6, 6.07) is 15.1. The molecule has 0 saturated heterocycles. The van der Waals surface area contributed by atoms with E-state index in [4.69, 9.17) is 11.6 Å². The van der Waals surface area contributed by atoms with Crippen LogP contribution in [0.2, 0.25) is 5.02 Å². The first-order valence-corrected chi connectivity index (χ1v) is 7.03. The third-order valence-corrected chi connectivity index (χ3v) is 3.51. The predicted molar refractivity (Wildman–Crippen MR) is 83.6 cm³/mol. The van der Waals surface area contributed by atoms with Crippen molar-refractivity contribution in [2.24, 2.45) is 0 Å². The Balaban J connectivity index is 2.35. The van der Waals surface area contributed by atoms with Gasteiger partial charge in [-0.2, -0.15) is 0 Å². The Kier molecular flexibility index (Phi) is 4.62. The largest absolute Gasteiger partial charge is 0.310 e. The molecule has 0 aliphatic carbocycles. The summed E-state index contributed by atoms with van der Waals surface area (Å²) in [6.45, 7) is 7.32. The van der Waals surface area contributed by atoms with Crippen LogP contribution in [-0.2, 0) is 6.54 Å². The van der Waals surface area contributed by atoms with Gasteiger partial charge in [0, 0.05) is 23.2 Å². The molecule has 0 aliphatic heterocycles. The smallest absolute Gasteiger partial charge is 0.0484 e. The maximum Gasteiger partial charge on any atom is 0.0484 e. The van der Waals surface area contributed by atoms with Crippen LogP contribution >= 0.6 is 11.6 Å². The van der Waals surface area contributed by atoms with Crippen LogP contribution in [0.15, 0.2) is 42.5 Å². The third kappa shape index (κ3) is 3.59. The van der Waals surface area contributed by atoms with Crippen molar-refractivity contribution in [1.82, 2.24) is 5.32 Å². The molecule has 2 aromatic rings. The van der Waals surface area contributed by atoms with E-state index in [0.717, 1.165) is 17.1 Å². The van der Waals surface area contributed by atoms with Crippen LogP contribution in [0.4, 0.5) is 0 Å². The second-order valence-electron chi connectivity index (χ2n) is 5.16. The summed E-state index contributed by atoms with van der Waals surface area (Å²) < 4.78 is 0. The van der Waals surface area contributed by atoms with Gasteiger partial charge < -0.3 is 5.32 Å². The van der Waals surface area contributed by atoms with Gasteiger partial charge in [0.05, 0.1) is 0 Å². The number of nitrogens with one attached hydrogen (secondary N) is 1. The molecule has 19 heavy (non-hydrogen) atoms. The molecule has 2 rings (SSSR count). The number of aryl methyl sites for hydroxylation is 1. The molecular formula is C17H20ClN. The molecule has 1 N–H and O–H groups in total. The number of halogens is 1. The van der Waals surface area contributed by atoms with Crippen molar-refractivity contribution in [3.05, 3.63) is 58.6 Å². The van der Waals surface area contributed by atoms with Crippen molar-refractivity contribution < 1.29 is 0 Å². The normalized spacial score (nSPS) is 11.0. The molecule has 0 saturated carbocycles. The predicted octanol–water partition coefficient (Wildman–Crippen LogP) is 4.81. The summed E-state index contributed by atoms with van der Waals surface area (Å²) in [5.74, 6) is 0. The SMILES string of the molecule is Cc1ccc(CNC(C)C)cc1-c1ccccc1Cl. The average Bonchev–Trinajstić information content (AvgIpc) is 2.38. The van der Waals surface area contributed by atoms with E-state index in [9.17, 15) is 0 Å². The molecule has 0 spiro atoms. The Labute approximate surface area is 120 Å². The average molecular weight is 274 g/mol. The highest BCUT2D eigenvalue weighted by Crippen LogP contribution is 2.30. The third-order valence-electron chi connectivity index (χ3n) is 3.18. The molecule has 0 aliphatic rings. The van der Waals surface area contributed by atoms with Crippen molar-refractivity contribution in [3.63, 3.8) is 0 Å². The van der Waals surface area contributed by atoms with Crippen molar-refractivity contribution in [3.8, 4) is 11.1 Å². The molecule has 0 heterocycles. The van der Waals surface area contributed by atoms with E-state index < -0.39 is 0 Å². The molecule has 1 nitrogen and oxygen atoms in total. The minimum absolute atomic E-state index is 0.491. The minimum atomic E-state index is 0.491. The van der Waals surface area contributed by atoms with E-state index in [-0.39, 0.29) is 0 Å². The molecule has 100 valence electrons. The van der Waals surface area contributed by atoms with Gasteiger partial charge in [0.25, 0.3) is 0 Å². The Bertz CT molecular complexity index is 561. The van der Waals surface area contributed by atoms with Gasteiger partial charge >= 0.3 is 0 Å². The van der Waals surface area contributed by atoms with Crippen LogP contribution in [0.3, 0.4) is 0 Å². The van der Waals surface area contributed by atoms with Crippen molar-refractivity contribution in [2.45, 2.75) is 33.4 Å². The second kappa shape index (κ2) is 6.23.